The minimum absolute atomic E-state index is 0.145. The van der Waals surface area contributed by atoms with Gasteiger partial charge in [-0.1, -0.05) is 5.16 Å². The zero-order chi connectivity index (χ0) is 15.0. The average Bonchev–Trinajstić information content (AvgIpc) is 3.08. The molecule has 112 valence electrons. The molecule has 2 N–H and O–H groups in total. The number of aromatic nitrogens is 2. The lowest BCUT2D eigenvalue weighted by molar-refractivity contribution is 0.169. The summed E-state index contributed by atoms with van der Waals surface area (Å²) in [6.45, 7) is 2.97. The highest BCUT2D eigenvalue weighted by atomic mass is 79.9. The molecule has 6 nitrogen and oxygen atoms in total. The number of nitrogens with zero attached hydrogens (tertiary/aromatic N) is 2. The number of nitrogens with two attached hydrogens (primary N) is 1. The van der Waals surface area contributed by atoms with Crippen molar-refractivity contribution in [3.05, 3.63) is 28.6 Å². The van der Waals surface area contributed by atoms with Crippen LogP contribution in [-0.4, -0.2) is 36.5 Å². The summed E-state index contributed by atoms with van der Waals surface area (Å²) in [7, 11) is 1.62. The molecular formula is C14H16BrN3O3. The van der Waals surface area contributed by atoms with Crippen molar-refractivity contribution in [3.63, 3.8) is 0 Å². The van der Waals surface area contributed by atoms with E-state index in [1.54, 1.807) is 7.11 Å². The Bertz CT molecular complexity index is 661. The van der Waals surface area contributed by atoms with Crippen molar-refractivity contribution >= 4 is 15.9 Å². The number of ether oxygens (including phenoxy) is 2. The van der Waals surface area contributed by atoms with Crippen LogP contribution in [0.2, 0.25) is 0 Å². The zero-order valence-electron chi connectivity index (χ0n) is 11.8. The fourth-order valence-electron chi connectivity index (χ4n) is 2.29. The molecule has 1 aliphatic rings. The topological polar surface area (TPSA) is 83.4 Å². The molecule has 1 aromatic heterocycles. The maximum absolute atomic E-state index is 6.08. The summed E-state index contributed by atoms with van der Waals surface area (Å²) >= 11 is 3.45. The molecule has 2 atom stereocenters. The first-order valence-corrected chi connectivity index (χ1v) is 7.35. The second-order valence-corrected chi connectivity index (χ2v) is 6.17. The van der Waals surface area contributed by atoms with Crippen LogP contribution >= 0.6 is 15.9 Å². The first-order valence-electron chi connectivity index (χ1n) is 6.56. The van der Waals surface area contributed by atoms with Gasteiger partial charge in [0, 0.05) is 11.6 Å². The van der Waals surface area contributed by atoms with Gasteiger partial charge >= 0.3 is 0 Å². The zero-order valence-corrected chi connectivity index (χ0v) is 13.4. The van der Waals surface area contributed by atoms with Gasteiger partial charge in [0.25, 0.3) is 0 Å². The summed E-state index contributed by atoms with van der Waals surface area (Å²) in [6, 6.07) is 5.47. The minimum atomic E-state index is -0.436. The highest BCUT2D eigenvalue weighted by Crippen LogP contribution is 2.33. The average molecular weight is 354 g/mol. The molecule has 21 heavy (non-hydrogen) atoms. The standard InChI is InChI=1S/C14H16BrN3O3/c1-14(7-20-6-11(14)16)13-17-12(18-21-13)8-3-4-10(19-2)9(15)5-8/h3-5,11H,6-7,16H2,1-2H3. The van der Waals surface area contributed by atoms with Crippen LogP contribution in [0.4, 0.5) is 0 Å². The highest BCUT2D eigenvalue weighted by molar-refractivity contribution is 9.10. The molecule has 1 saturated heterocycles. The summed E-state index contributed by atoms with van der Waals surface area (Å²) in [5, 5.41) is 4.05. The second kappa shape index (κ2) is 5.40. The molecule has 2 aromatic rings. The lowest BCUT2D eigenvalue weighted by Gasteiger charge is -2.21. The number of halogens is 1. The van der Waals surface area contributed by atoms with Crippen molar-refractivity contribution in [2.24, 2.45) is 5.73 Å². The lowest BCUT2D eigenvalue weighted by Crippen LogP contribution is -2.42. The van der Waals surface area contributed by atoms with E-state index in [1.165, 1.54) is 0 Å². The van der Waals surface area contributed by atoms with Crippen LogP contribution in [0.5, 0.6) is 5.75 Å². The fraction of sp³-hybridized carbons (Fsp3) is 0.429. The fourth-order valence-corrected chi connectivity index (χ4v) is 2.83. The Labute approximate surface area is 130 Å². The van der Waals surface area contributed by atoms with Gasteiger partial charge in [-0.2, -0.15) is 4.98 Å². The number of rotatable bonds is 3. The van der Waals surface area contributed by atoms with Crippen molar-refractivity contribution in [1.29, 1.82) is 0 Å². The van der Waals surface area contributed by atoms with E-state index in [9.17, 15) is 0 Å². The Hall–Kier alpha value is -1.44. The molecule has 1 aromatic carbocycles. The van der Waals surface area contributed by atoms with Crippen LogP contribution < -0.4 is 10.5 Å². The molecule has 0 bridgehead atoms. The van der Waals surface area contributed by atoms with Crippen LogP contribution in [0, 0.1) is 0 Å². The predicted molar refractivity (Wildman–Crippen MR) is 80.1 cm³/mol. The van der Waals surface area contributed by atoms with Gasteiger partial charge in [0.2, 0.25) is 11.7 Å². The van der Waals surface area contributed by atoms with Gasteiger partial charge in [-0.3, -0.25) is 0 Å². The third-order valence-electron chi connectivity index (χ3n) is 3.84. The normalized spacial score (nSPS) is 25.2. The third kappa shape index (κ3) is 2.45. The maximum atomic E-state index is 6.08. The predicted octanol–water partition coefficient (Wildman–Crippen LogP) is 2.12. The number of methoxy groups -OCH3 is 1. The smallest absolute Gasteiger partial charge is 0.236 e. The summed E-state index contributed by atoms with van der Waals surface area (Å²) in [4.78, 5) is 4.48. The van der Waals surface area contributed by atoms with Crippen molar-refractivity contribution in [2.45, 2.75) is 18.4 Å². The van der Waals surface area contributed by atoms with Gasteiger partial charge in [0.1, 0.15) is 5.75 Å². The summed E-state index contributed by atoms with van der Waals surface area (Å²) in [5.41, 5.74) is 6.48. The molecule has 0 radical (unpaired) electrons. The van der Waals surface area contributed by atoms with Gasteiger partial charge in [-0.05, 0) is 41.1 Å². The summed E-state index contributed by atoms with van der Waals surface area (Å²) in [5.74, 6) is 1.78. The molecule has 2 unspecified atom stereocenters. The van der Waals surface area contributed by atoms with E-state index < -0.39 is 5.41 Å². The SMILES string of the molecule is COc1ccc(-c2noc(C3(C)COCC3N)n2)cc1Br. The Morgan fingerprint density at radius 2 is 2.29 bits per heavy atom. The molecule has 0 amide bonds. The van der Waals surface area contributed by atoms with E-state index in [0.717, 1.165) is 15.8 Å². The van der Waals surface area contributed by atoms with Gasteiger partial charge in [0.15, 0.2) is 0 Å². The van der Waals surface area contributed by atoms with Crippen molar-refractivity contribution in [2.75, 3.05) is 20.3 Å². The first kappa shape index (κ1) is 14.5. The lowest BCUT2D eigenvalue weighted by atomic mass is 9.86. The molecule has 2 heterocycles. The Morgan fingerprint density at radius 1 is 1.48 bits per heavy atom. The van der Waals surface area contributed by atoms with E-state index in [2.05, 4.69) is 26.1 Å². The molecule has 7 heteroatoms. The first-order chi connectivity index (χ1) is 10.0. The minimum Gasteiger partial charge on any atom is -0.496 e. The van der Waals surface area contributed by atoms with Crippen LogP contribution in [0.3, 0.4) is 0 Å². The monoisotopic (exact) mass is 353 g/mol. The summed E-state index contributed by atoms with van der Waals surface area (Å²) < 4.78 is 16.9. The molecular weight excluding hydrogens is 338 g/mol. The quantitative estimate of drug-likeness (QED) is 0.909. The van der Waals surface area contributed by atoms with Crippen LogP contribution in [-0.2, 0) is 10.2 Å². The Balaban J connectivity index is 1.93. The Morgan fingerprint density at radius 3 is 2.90 bits per heavy atom. The number of hydrogen-bond acceptors (Lipinski definition) is 6. The van der Waals surface area contributed by atoms with Gasteiger partial charge < -0.3 is 19.7 Å². The van der Waals surface area contributed by atoms with E-state index in [-0.39, 0.29) is 6.04 Å². The van der Waals surface area contributed by atoms with Gasteiger partial charge in [-0.25, -0.2) is 0 Å². The maximum Gasteiger partial charge on any atom is 0.236 e. The van der Waals surface area contributed by atoms with E-state index in [0.29, 0.717) is 24.9 Å². The largest absolute Gasteiger partial charge is 0.496 e. The van der Waals surface area contributed by atoms with Crippen molar-refractivity contribution in [3.8, 4) is 17.1 Å². The van der Waals surface area contributed by atoms with Gasteiger partial charge in [-0.15, -0.1) is 0 Å². The molecule has 1 fully saturated rings. The van der Waals surface area contributed by atoms with Gasteiger partial charge in [0.05, 0.1) is 30.2 Å². The van der Waals surface area contributed by atoms with E-state index in [4.69, 9.17) is 19.7 Å². The van der Waals surface area contributed by atoms with E-state index >= 15 is 0 Å². The third-order valence-corrected chi connectivity index (χ3v) is 4.46. The number of hydrogen-bond donors (Lipinski definition) is 1. The van der Waals surface area contributed by atoms with Crippen molar-refractivity contribution < 1.29 is 14.0 Å². The Kier molecular flexibility index (Phi) is 3.73. The molecule has 0 aliphatic carbocycles. The number of benzene rings is 1. The van der Waals surface area contributed by atoms with Crippen LogP contribution in [0.15, 0.2) is 27.2 Å². The molecule has 3 rings (SSSR count). The molecule has 1 aliphatic heterocycles. The van der Waals surface area contributed by atoms with Crippen LogP contribution in [0.25, 0.3) is 11.4 Å². The molecule has 0 saturated carbocycles. The molecule has 0 spiro atoms. The highest BCUT2D eigenvalue weighted by Gasteiger charge is 2.44. The van der Waals surface area contributed by atoms with E-state index in [1.807, 2.05) is 25.1 Å². The van der Waals surface area contributed by atoms with Crippen molar-refractivity contribution in [1.82, 2.24) is 10.1 Å². The second-order valence-electron chi connectivity index (χ2n) is 5.31. The van der Waals surface area contributed by atoms with Crippen LogP contribution in [0.1, 0.15) is 12.8 Å². The summed E-state index contributed by atoms with van der Waals surface area (Å²) in [6.07, 6.45) is 0.